The van der Waals surface area contributed by atoms with E-state index < -0.39 is 0 Å². The van der Waals surface area contributed by atoms with Crippen molar-refractivity contribution in [3.05, 3.63) is 35.6 Å². The Labute approximate surface area is 119 Å². The summed E-state index contributed by atoms with van der Waals surface area (Å²) in [5.41, 5.74) is 6.87. The van der Waals surface area contributed by atoms with Crippen LogP contribution in [0.15, 0.2) is 29.3 Å². The predicted octanol–water partition coefficient (Wildman–Crippen LogP) is 2.73. The van der Waals surface area contributed by atoms with E-state index in [-0.39, 0.29) is 17.8 Å². The van der Waals surface area contributed by atoms with E-state index in [4.69, 9.17) is 5.73 Å². The second kappa shape index (κ2) is 5.43. The standard InChI is InChI=1S/C16H22FN3/c1-11-6-8-20(9-7-11)16(18)19-15-10-13(15)12-4-2-3-5-14(12)17/h2-5,11,13,15H,6-10H2,1H3,(H2,18,19). The first-order valence-corrected chi connectivity index (χ1v) is 7.48. The summed E-state index contributed by atoms with van der Waals surface area (Å²) in [6, 6.07) is 7.14. The molecule has 0 spiro atoms. The Morgan fingerprint density at radius 1 is 1.30 bits per heavy atom. The third-order valence-electron chi connectivity index (χ3n) is 4.47. The van der Waals surface area contributed by atoms with Gasteiger partial charge >= 0.3 is 0 Å². The summed E-state index contributed by atoms with van der Waals surface area (Å²) in [6.07, 6.45) is 3.27. The van der Waals surface area contributed by atoms with Gasteiger partial charge in [-0.1, -0.05) is 25.1 Å². The van der Waals surface area contributed by atoms with Gasteiger partial charge in [-0.2, -0.15) is 0 Å². The number of guanidine groups is 1. The van der Waals surface area contributed by atoms with Crippen LogP contribution in [0.25, 0.3) is 0 Å². The normalized spacial score (nSPS) is 27.7. The molecule has 1 saturated carbocycles. The largest absolute Gasteiger partial charge is 0.370 e. The fraction of sp³-hybridized carbons (Fsp3) is 0.562. The minimum absolute atomic E-state index is 0.124. The van der Waals surface area contributed by atoms with Crippen LogP contribution < -0.4 is 5.73 Å². The molecule has 1 aliphatic heterocycles. The third kappa shape index (κ3) is 2.79. The molecule has 0 amide bonds. The van der Waals surface area contributed by atoms with Crippen LogP contribution in [-0.2, 0) is 0 Å². The molecule has 0 aromatic heterocycles. The number of benzene rings is 1. The average molecular weight is 275 g/mol. The van der Waals surface area contributed by atoms with Crippen LogP contribution in [0.1, 0.15) is 37.7 Å². The van der Waals surface area contributed by atoms with E-state index in [0.29, 0.717) is 5.96 Å². The highest BCUT2D eigenvalue weighted by atomic mass is 19.1. The SMILES string of the molecule is CC1CCN(C(N)=NC2CC2c2ccccc2F)CC1. The van der Waals surface area contributed by atoms with Crippen LogP contribution in [0.4, 0.5) is 4.39 Å². The third-order valence-corrected chi connectivity index (χ3v) is 4.47. The van der Waals surface area contributed by atoms with Crippen LogP contribution >= 0.6 is 0 Å². The molecule has 2 N–H and O–H groups in total. The van der Waals surface area contributed by atoms with E-state index in [2.05, 4.69) is 16.8 Å². The highest BCUT2D eigenvalue weighted by molar-refractivity contribution is 5.78. The predicted molar refractivity (Wildman–Crippen MR) is 79.1 cm³/mol. The van der Waals surface area contributed by atoms with E-state index >= 15 is 0 Å². The van der Waals surface area contributed by atoms with Crippen molar-refractivity contribution >= 4 is 5.96 Å². The lowest BCUT2D eigenvalue weighted by molar-refractivity contribution is 0.277. The number of aliphatic imine (C=N–C) groups is 1. The molecule has 20 heavy (non-hydrogen) atoms. The number of nitrogens with two attached hydrogens (primary N) is 1. The van der Waals surface area contributed by atoms with E-state index in [0.717, 1.165) is 31.0 Å². The van der Waals surface area contributed by atoms with Crippen LogP contribution in [0, 0.1) is 11.7 Å². The summed E-state index contributed by atoms with van der Waals surface area (Å²) in [5.74, 6) is 1.51. The van der Waals surface area contributed by atoms with Gasteiger partial charge in [-0.05, 0) is 36.8 Å². The van der Waals surface area contributed by atoms with Crippen molar-refractivity contribution in [2.24, 2.45) is 16.6 Å². The van der Waals surface area contributed by atoms with Gasteiger partial charge < -0.3 is 10.6 Å². The number of piperidine rings is 1. The number of likely N-dealkylation sites (tertiary alicyclic amines) is 1. The second-order valence-corrected chi connectivity index (χ2v) is 6.09. The number of hydrogen-bond donors (Lipinski definition) is 1. The molecular weight excluding hydrogens is 253 g/mol. The van der Waals surface area contributed by atoms with Crippen molar-refractivity contribution in [3.63, 3.8) is 0 Å². The Morgan fingerprint density at radius 3 is 2.70 bits per heavy atom. The minimum atomic E-state index is -0.124. The van der Waals surface area contributed by atoms with Gasteiger partial charge in [0.1, 0.15) is 5.82 Å². The molecule has 1 saturated heterocycles. The van der Waals surface area contributed by atoms with Gasteiger partial charge in [0.25, 0.3) is 0 Å². The monoisotopic (exact) mass is 275 g/mol. The molecule has 108 valence electrons. The zero-order valence-electron chi connectivity index (χ0n) is 11.9. The summed E-state index contributed by atoms with van der Waals surface area (Å²) in [6.45, 7) is 4.26. The van der Waals surface area contributed by atoms with Gasteiger partial charge in [-0.15, -0.1) is 0 Å². The molecule has 1 aliphatic carbocycles. The molecule has 2 aliphatic rings. The molecular formula is C16H22FN3. The molecule has 2 fully saturated rings. The lowest BCUT2D eigenvalue weighted by Gasteiger charge is -2.31. The topological polar surface area (TPSA) is 41.6 Å². The summed E-state index contributed by atoms with van der Waals surface area (Å²) in [5, 5.41) is 0. The summed E-state index contributed by atoms with van der Waals surface area (Å²) in [4.78, 5) is 6.75. The Hall–Kier alpha value is -1.58. The smallest absolute Gasteiger partial charge is 0.191 e. The Balaban J connectivity index is 1.62. The van der Waals surface area contributed by atoms with E-state index in [1.165, 1.54) is 18.9 Å². The highest BCUT2D eigenvalue weighted by Gasteiger charge is 2.40. The fourth-order valence-corrected chi connectivity index (χ4v) is 2.92. The number of nitrogens with zero attached hydrogens (tertiary/aromatic N) is 2. The highest BCUT2D eigenvalue weighted by Crippen LogP contribution is 2.44. The molecule has 2 unspecified atom stereocenters. The van der Waals surface area contributed by atoms with Crippen LogP contribution in [0.3, 0.4) is 0 Å². The average Bonchev–Trinajstić information content (AvgIpc) is 3.19. The van der Waals surface area contributed by atoms with Crippen molar-refractivity contribution in [2.75, 3.05) is 13.1 Å². The number of hydrogen-bond acceptors (Lipinski definition) is 1. The molecule has 0 radical (unpaired) electrons. The second-order valence-electron chi connectivity index (χ2n) is 6.09. The number of rotatable bonds is 2. The van der Waals surface area contributed by atoms with Gasteiger partial charge in [0.15, 0.2) is 5.96 Å². The first kappa shape index (κ1) is 13.4. The molecule has 3 nitrogen and oxygen atoms in total. The first-order chi connectivity index (χ1) is 9.65. The minimum Gasteiger partial charge on any atom is -0.370 e. The van der Waals surface area contributed by atoms with Gasteiger partial charge in [-0.3, -0.25) is 0 Å². The van der Waals surface area contributed by atoms with Gasteiger partial charge in [0.05, 0.1) is 6.04 Å². The van der Waals surface area contributed by atoms with Crippen LogP contribution in [-0.4, -0.2) is 30.0 Å². The molecule has 0 bridgehead atoms. The Bertz CT molecular complexity index is 506. The van der Waals surface area contributed by atoms with Gasteiger partial charge in [0.2, 0.25) is 0 Å². The maximum atomic E-state index is 13.7. The number of halogens is 1. The molecule has 2 atom stereocenters. The maximum absolute atomic E-state index is 13.7. The van der Waals surface area contributed by atoms with Crippen molar-refractivity contribution in [1.29, 1.82) is 0 Å². The maximum Gasteiger partial charge on any atom is 0.191 e. The Morgan fingerprint density at radius 2 is 2.00 bits per heavy atom. The van der Waals surface area contributed by atoms with E-state index in [9.17, 15) is 4.39 Å². The summed E-state index contributed by atoms with van der Waals surface area (Å²) in [7, 11) is 0. The van der Waals surface area contributed by atoms with E-state index in [1.807, 2.05) is 12.1 Å². The van der Waals surface area contributed by atoms with Crippen molar-refractivity contribution in [3.8, 4) is 0 Å². The van der Waals surface area contributed by atoms with Crippen LogP contribution in [0.2, 0.25) is 0 Å². The quantitative estimate of drug-likeness (QED) is 0.666. The molecule has 1 aromatic carbocycles. The zero-order valence-corrected chi connectivity index (χ0v) is 11.9. The van der Waals surface area contributed by atoms with E-state index in [1.54, 1.807) is 6.07 Å². The van der Waals surface area contributed by atoms with Gasteiger partial charge in [0, 0.05) is 19.0 Å². The summed E-state index contributed by atoms with van der Waals surface area (Å²) < 4.78 is 13.7. The lowest BCUT2D eigenvalue weighted by Crippen LogP contribution is -2.42. The first-order valence-electron chi connectivity index (χ1n) is 7.48. The van der Waals surface area contributed by atoms with Gasteiger partial charge in [-0.25, -0.2) is 9.38 Å². The lowest BCUT2D eigenvalue weighted by atomic mass is 10.00. The fourth-order valence-electron chi connectivity index (χ4n) is 2.92. The molecule has 1 heterocycles. The van der Waals surface area contributed by atoms with Crippen molar-refractivity contribution in [1.82, 2.24) is 4.90 Å². The Kier molecular flexibility index (Phi) is 3.64. The summed E-state index contributed by atoms with van der Waals surface area (Å²) >= 11 is 0. The van der Waals surface area contributed by atoms with Crippen LogP contribution in [0.5, 0.6) is 0 Å². The molecule has 4 heteroatoms. The molecule has 3 rings (SSSR count). The van der Waals surface area contributed by atoms with Crippen molar-refractivity contribution in [2.45, 2.75) is 38.1 Å². The van der Waals surface area contributed by atoms with Crippen molar-refractivity contribution < 1.29 is 4.39 Å². The molecule has 1 aromatic rings. The zero-order chi connectivity index (χ0) is 14.1.